The second kappa shape index (κ2) is 7.36. The molecule has 1 aromatic heterocycles. The Labute approximate surface area is 125 Å². The van der Waals surface area contributed by atoms with E-state index in [0.717, 1.165) is 26.1 Å². The number of anilines is 1. The molecule has 1 aliphatic rings. The zero-order valence-corrected chi connectivity index (χ0v) is 13.0. The Bertz CT molecular complexity index is 485. The van der Waals surface area contributed by atoms with E-state index in [4.69, 9.17) is 4.74 Å². The highest BCUT2D eigenvalue weighted by Gasteiger charge is 2.19. The van der Waals surface area contributed by atoms with Crippen LogP contribution in [0.15, 0.2) is 6.20 Å². The first-order valence-corrected chi connectivity index (χ1v) is 7.52. The highest BCUT2D eigenvalue weighted by molar-refractivity contribution is 5.97. The summed E-state index contributed by atoms with van der Waals surface area (Å²) in [6.45, 7) is 6.20. The Kier molecular flexibility index (Phi) is 5.50. The van der Waals surface area contributed by atoms with Crippen molar-refractivity contribution >= 4 is 11.6 Å². The number of carbonyl (C=O) groups excluding carboxylic acids is 1. The predicted molar refractivity (Wildman–Crippen MR) is 81.5 cm³/mol. The summed E-state index contributed by atoms with van der Waals surface area (Å²) in [5.74, 6) is 1.11. The Balaban J connectivity index is 2.04. The lowest BCUT2D eigenvalue weighted by Gasteiger charge is -2.22. The van der Waals surface area contributed by atoms with Crippen LogP contribution in [-0.2, 0) is 4.74 Å². The SMILES string of the molecule is CNc1cnc(C(C)C)nc1C(=O)NCC1CCCOC1. The van der Waals surface area contributed by atoms with Crippen LogP contribution in [0, 0.1) is 5.92 Å². The molecule has 0 aliphatic carbocycles. The van der Waals surface area contributed by atoms with Gasteiger partial charge in [0.05, 0.1) is 18.5 Å². The first-order valence-electron chi connectivity index (χ1n) is 7.52. The van der Waals surface area contributed by atoms with Crippen LogP contribution in [0.3, 0.4) is 0 Å². The van der Waals surface area contributed by atoms with Crippen molar-refractivity contribution < 1.29 is 9.53 Å². The van der Waals surface area contributed by atoms with E-state index in [0.29, 0.717) is 29.7 Å². The van der Waals surface area contributed by atoms with E-state index in [1.807, 2.05) is 13.8 Å². The Morgan fingerprint density at radius 2 is 2.33 bits per heavy atom. The number of hydrogen-bond donors (Lipinski definition) is 2. The van der Waals surface area contributed by atoms with Gasteiger partial charge in [0.25, 0.3) is 5.91 Å². The first-order chi connectivity index (χ1) is 10.1. The molecule has 0 bridgehead atoms. The number of carbonyl (C=O) groups is 1. The van der Waals surface area contributed by atoms with Gasteiger partial charge in [0.1, 0.15) is 5.82 Å². The van der Waals surface area contributed by atoms with Gasteiger partial charge in [-0.15, -0.1) is 0 Å². The molecular formula is C15H24N4O2. The van der Waals surface area contributed by atoms with Gasteiger partial charge >= 0.3 is 0 Å². The summed E-state index contributed by atoms with van der Waals surface area (Å²) in [6.07, 6.45) is 3.83. The fourth-order valence-corrected chi connectivity index (χ4v) is 2.32. The largest absolute Gasteiger partial charge is 0.385 e. The molecule has 6 heteroatoms. The topological polar surface area (TPSA) is 76.1 Å². The van der Waals surface area contributed by atoms with Crippen LogP contribution >= 0.6 is 0 Å². The zero-order valence-electron chi connectivity index (χ0n) is 13.0. The minimum atomic E-state index is -0.158. The molecule has 1 aromatic rings. The third-order valence-electron chi connectivity index (χ3n) is 3.61. The summed E-state index contributed by atoms with van der Waals surface area (Å²) in [6, 6.07) is 0. The normalized spacial score (nSPS) is 18.6. The van der Waals surface area contributed by atoms with Crippen molar-refractivity contribution in [3.63, 3.8) is 0 Å². The number of ether oxygens (including phenoxy) is 1. The highest BCUT2D eigenvalue weighted by atomic mass is 16.5. The molecule has 1 atom stereocenters. The monoisotopic (exact) mass is 292 g/mol. The fourth-order valence-electron chi connectivity index (χ4n) is 2.32. The lowest BCUT2D eigenvalue weighted by atomic mass is 10.0. The van der Waals surface area contributed by atoms with Crippen molar-refractivity contribution in [1.82, 2.24) is 15.3 Å². The van der Waals surface area contributed by atoms with Crippen molar-refractivity contribution in [2.24, 2.45) is 5.92 Å². The molecule has 1 fully saturated rings. The molecule has 2 heterocycles. The summed E-state index contributed by atoms with van der Waals surface area (Å²) in [5, 5.41) is 5.93. The molecule has 1 unspecified atom stereocenters. The van der Waals surface area contributed by atoms with Crippen LogP contribution in [0.5, 0.6) is 0 Å². The lowest BCUT2D eigenvalue weighted by molar-refractivity contribution is 0.0536. The van der Waals surface area contributed by atoms with Gasteiger partial charge in [-0.1, -0.05) is 13.8 Å². The Hall–Kier alpha value is -1.69. The molecule has 2 N–H and O–H groups in total. The van der Waals surface area contributed by atoms with Gasteiger partial charge in [-0.25, -0.2) is 9.97 Å². The Morgan fingerprint density at radius 3 is 2.95 bits per heavy atom. The van der Waals surface area contributed by atoms with Gasteiger partial charge in [-0.3, -0.25) is 4.79 Å². The lowest BCUT2D eigenvalue weighted by Crippen LogP contribution is -2.34. The summed E-state index contributed by atoms with van der Waals surface area (Å²) in [7, 11) is 1.76. The summed E-state index contributed by atoms with van der Waals surface area (Å²) >= 11 is 0. The van der Waals surface area contributed by atoms with Crippen LogP contribution in [0.2, 0.25) is 0 Å². The summed E-state index contributed by atoms with van der Waals surface area (Å²) in [4.78, 5) is 21.0. The fraction of sp³-hybridized carbons (Fsp3) is 0.667. The molecule has 2 rings (SSSR count). The molecule has 116 valence electrons. The molecule has 21 heavy (non-hydrogen) atoms. The van der Waals surface area contributed by atoms with Crippen LogP contribution < -0.4 is 10.6 Å². The third-order valence-corrected chi connectivity index (χ3v) is 3.61. The average Bonchev–Trinajstić information content (AvgIpc) is 2.52. The van der Waals surface area contributed by atoms with Crippen molar-refractivity contribution in [1.29, 1.82) is 0 Å². The highest BCUT2D eigenvalue weighted by Crippen LogP contribution is 2.16. The second-order valence-electron chi connectivity index (χ2n) is 5.69. The average molecular weight is 292 g/mol. The predicted octanol–water partition coefficient (Wildman–Crippen LogP) is 1.80. The third kappa shape index (κ3) is 4.14. The minimum Gasteiger partial charge on any atom is -0.385 e. The smallest absolute Gasteiger partial charge is 0.272 e. The maximum Gasteiger partial charge on any atom is 0.272 e. The van der Waals surface area contributed by atoms with Crippen molar-refractivity contribution in [3.8, 4) is 0 Å². The van der Waals surface area contributed by atoms with E-state index >= 15 is 0 Å². The van der Waals surface area contributed by atoms with Crippen molar-refractivity contribution in [2.75, 3.05) is 32.1 Å². The van der Waals surface area contributed by atoms with E-state index < -0.39 is 0 Å². The molecule has 6 nitrogen and oxygen atoms in total. The van der Waals surface area contributed by atoms with Gasteiger partial charge in [-0.05, 0) is 18.8 Å². The standard InChI is InChI=1S/C15H24N4O2/c1-10(2)14-17-8-12(16-3)13(19-14)15(20)18-7-11-5-4-6-21-9-11/h8,10-11,16H,4-7,9H2,1-3H3,(H,18,20). The number of aromatic nitrogens is 2. The molecular weight excluding hydrogens is 268 g/mol. The number of hydrogen-bond acceptors (Lipinski definition) is 5. The molecule has 0 spiro atoms. The number of amides is 1. The summed E-state index contributed by atoms with van der Waals surface area (Å²) in [5.41, 5.74) is 1.06. The molecule has 1 aliphatic heterocycles. The van der Waals surface area contributed by atoms with Crippen molar-refractivity contribution in [3.05, 3.63) is 17.7 Å². The number of rotatable bonds is 5. The number of nitrogens with zero attached hydrogens (tertiary/aromatic N) is 2. The number of nitrogens with one attached hydrogen (secondary N) is 2. The van der Waals surface area contributed by atoms with E-state index in [2.05, 4.69) is 20.6 Å². The minimum absolute atomic E-state index is 0.158. The molecule has 0 radical (unpaired) electrons. The van der Waals surface area contributed by atoms with Gasteiger partial charge in [0, 0.05) is 26.1 Å². The Morgan fingerprint density at radius 1 is 1.52 bits per heavy atom. The maximum absolute atomic E-state index is 12.4. The van der Waals surface area contributed by atoms with Crippen LogP contribution in [0.1, 0.15) is 48.9 Å². The second-order valence-corrected chi connectivity index (χ2v) is 5.69. The summed E-state index contributed by atoms with van der Waals surface area (Å²) < 4.78 is 5.43. The molecule has 1 amide bonds. The van der Waals surface area contributed by atoms with Crippen LogP contribution in [-0.4, -0.2) is 42.7 Å². The van der Waals surface area contributed by atoms with Crippen molar-refractivity contribution in [2.45, 2.75) is 32.6 Å². The van der Waals surface area contributed by atoms with Crippen LogP contribution in [0.25, 0.3) is 0 Å². The van der Waals surface area contributed by atoms with E-state index in [1.54, 1.807) is 13.2 Å². The molecule has 0 aromatic carbocycles. The zero-order chi connectivity index (χ0) is 15.2. The van der Waals surface area contributed by atoms with Crippen LogP contribution in [0.4, 0.5) is 5.69 Å². The maximum atomic E-state index is 12.4. The molecule has 1 saturated heterocycles. The first kappa shape index (κ1) is 15.7. The van der Waals surface area contributed by atoms with Gasteiger partial charge in [-0.2, -0.15) is 0 Å². The quantitative estimate of drug-likeness (QED) is 0.865. The van der Waals surface area contributed by atoms with Gasteiger partial charge < -0.3 is 15.4 Å². The van der Waals surface area contributed by atoms with Gasteiger partial charge in [0.15, 0.2) is 5.69 Å². The van der Waals surface area contributed by atoms with E-state index in [-0.39, 0.29) is 11.8 Å². The van der Waals surface area contributed by atoms with Gasteiger partial charge in [0.2, 0.25) is 0 Å². The van der Waals surface area contributed by atoms with E-state index in [9.17, 15) is 4.79 Å². The van der Waals surface area contributed by atoms with E-state index in [1.165, 1.54) is 0 Å². The molecule has 0 saturated carbocycles.